The first kappa shape index (κ1) is 18.7. The Labute approximate surface area is 166 Å². The van der Waals surface area contributed by atoms with Crippen molar-refractivity contribution in [3.05, 3.63) is 54.6 Å². The average Bonchev–Trinajstić information content (AvgIpc) is 3.42. The Morgan fingerprint density at radius 3 is 2.79 bits per heavy atom. The number of hydrazine groups is 2. The van der Waals surface area contributed by atoms with Crippen molar-refractivity contribution in [1.29, 1.82) is 0 Å². The molecule has 1 aromatic heterocycles. The van der Waals surface area contributed by atoms with Crippen LogP contribution in [0.25, 0.3) is 0 Å². The number of hydrogen-bond acceptors (Lipinski definition) is 7. The van der Waals surface area contributed by atoms with Gasteiger partial charge >= 0.3 is 6.09 Å². The lowest BCUT2D eigenvalue weighted by atomic mass is 10.2. The normalized spacial score (nSPS) is 18.8. The predicted molar refractivity (Wildman–Crippen MR) is 102 cm³/mol. The highest BCUT2D eigenvalue weighted by molar-refractivity contribution is 5.90. The van der Waals surface area contributed by atoms with E-state index in [4.69, 9.17) is 4.74 Å². The van der Waals surface area contributed by atoms with Gasteiger partial charge in [0.15, 0.2) is 0 Å². The van der Waals surface area contributed by atoms with Gasteiger partial charge in [0, 0.05) is 31.2 Å². The number of anilines is 2. The van der Waals surface area contributed by atoms with Crippen LogP contribution in [0.1, 0.15) is 6.92 Å². The summed E-state index contributed by atoms with van der Waals surface area (Å²) in [4.78, 5) is 24.6. The van der Waals surface area contributed by atoms with Crippen molar-refractivity contribution in [3.63, 3.8) is 0 Å². The molecular formula is C18H20FN7O3. The summed E-state index contributed by atoms with van der Waals surface area (Å²) in [5.74, 6) is -0.177. The van der Waals surface area contributed by atoms with Gasteiger partial charge in [0.25, 0.3) is 0 Å². The summed E-state index contributed by atoms with van der Waals surface area (Å²) in [6.45, 7) is 2.30. The van der Waals surface area contributed by atoms with E-state index in [9.17, 15) is 14.1 Å². The molecule has 0 bridgehead atoms. The second-order valence-electron chi connectivity index (χ2n) is 6.64. The van der Waals surface area contributed by atoms with Crippen LogP contribution in [0.5, 0.6) is 0 Å². The minimum absolute atomic E-state index is 0.177. The van der Waals surface area contributed by atoms with E-state index in [2.05, 4.69) is 16.0 Å². The van der Waals surface area contributed by atoms with Crippen molar-refractivity contribution in [3.8, 4) is 0 Å². The average molecular weight is 401 g/mol. The van der Waals surface area contributed by atoms with E-state index in [1.54, 1.807) is 53.6 Å². The van der Waals surface area contributed by atoms with E-state index >= 15 is 0 Å². The third kappa shape index (κ3) is 4.14. The predicted octanol–water partition coefficient (Wildman–Crippen LogP) is 1.31. The van der Waals surface area contributed by atoms with Gasteiger partial charge in [-0.3, -0.25) is 19.4 Å². The quantitative estimate of drug-likeness (QED) is 0.705. The van der Waals surface area contributed by atoms with Gasteiger partial charge in [-0.05, 0) is 30.3 Å². The molecular weight excluding hydrogens is 381 g/mol. The number of benzene rings is 1. The summed E-state index contributed by atoms with van der Waals surface area (Å²) >= 11 is 0. The molecule has 2 N–H and O–H groups in total. The first-order valence-electron chi connectivity index (χ1n) is 9.02. The van der Waals surface area contributed by atoms with Crippen molar-refractivity contribution >= 4 is 23.4 Å². The Morgan fingerprint density at radius 2 is 2.10 bits per heavy atom. The molecule has 1 atom stereocenters. The number of aromatic nitrogens is 2. The number of nitrogens with one attached hydrogen (secondary N) is 2. The molecule has 0 radical (unpaired) electrons. The fourth-order valence-corrected chi connectivity index (χ4v) is 3.07. The zero-order chi connectivity index (χ0) is 20.4. The number of hydrogen-bond donors (Lipinski definition) is 2. The number of cyclic esters (lactones) is 1. The summed E-state index contributed by atoms with van der Waals surface area (Å²) in [7, 11) is 0. The minimum Gasteiger partial charge on any atom is -0.442 e. The lowest BCUT2D eigenvalue weighted by Gasteiger charge is -2.19. The van der Waals surface area contributed by atoms with Crippen LogP contribution in [-0.2, 0) is 16.1 Å². The summed E-state index contributed by atoms with van der Waals surface area (Å²) < 4.78 is 21.0. The Bertz CT molecular complexity index is 916. The Morgan fingerprint density at radius 1 is 1.34 bits per heavy atom. The van der Waals surface area contributed by atoms with Crippen LogP contribution < -0.4 is 20.8 Å². The van der Waals surface area contributed by atoms with E-state index in [1.807, 2.05) is 0 Å². The molecule has 10 nitrogen and oxygen atoms in total. The zero-order valence-electron chi connectivity index (χ0n) is 15.7. The van der Waals surface area contributed by atoms with Gasteiger partial charge in [-0.1, -0.05) is 4.48 Å². The van der Waals surface area contributed by atoms with Crippen molar-refractivity contribution in [1.82, 2.24) is 25.9 Å². The van der Waals surface area contributed by atoms with E-state index in [-0.39, 0.29) is 19.0 Å². The molecule has 4 rings (SSSR count). The molecule has 2 aliphatic heterocycles. The fourth-order valence-electron chi connectivity index (χ4n) is 3.07. The van der Waals surface area contributed by atoms with E-state index < -0.39 is 12.2 Å². The third-order valence-electron chi connectivity index (χ3n) is 4.50. The van der Waals surface area contributed by atoms with Crippen molar-refractivity contribution in [2.24, 2.45) is 0 Å². The van der Waals surface area contributed by atoms with Crippen molar-refractivity contribution in [2.45, 2.75) is 19.6 Å². The second kappa shape index (κ2) is 7.80. The van der Waals surface area contributed by atoms with Crippen molar-refractivity contribution < 1.29 is 18.8 Å². The molecule has 2 aliphatic rings. The molecule has 2 amide bonds. The summed E-state index contributed by atoms with van der Waals surface area (Å²) in [5.41, 5.74) is 4.32. The minimum atomic E-state index is -0.469. The maximum absolute atomic E-state index is 14.1. The van der Waals surface area contributed by atoms with Crippen LogP contribution in [0.4, 0.5) is 20.7 Å². The van der Waals surface area contributed by atoms with Gasteiger partial charge in [-0.2, -0.15) is 5.10 Å². The number of allylic oxidation sites excluding steroid dienone is 1. The largest absolute Gasteiger partial charge is 0.442 e. The van der Waals surface area contributed by atoms with Gasteiger partial charge < -0.3 is 10.1 Å². The number of carbonyl (C=O) groups excluding carboxylic acids is 2. The molecule has 2 aromatic rings. The van der Waals surface area contributed by atoms with Crippen molar-refractivity contribution in [2.75, 3.05) is 23.0 Å². The van der Waals surface area contributed by atoms with Crippen LogP contribution in [0.15, 0.2) is 54.6 Å². The standard InChI is InChI=1S/C18H20FN7O3/c1-13(27)20-9-17-12-24(18(28)29-17)14-3-5-15(6-4-14)25-11-16(26(19)22-25)10-23-8-2-7-21-23/h2-8,11,17,22H,9-10,12H2,1H3,(H,20,27). The second-order valence-corrected chi connectivity index (χ2v) is 6.64. The number of amides is 2. The highest BCUT2D eigenvalue weighted by Gasteiger charge is 2.32. The molecule has 1 unspecified atom stereocenters. The molecule has 0 aliphatic carbocycles. The highest BCUT2D eigenvalue weighted by atomic mass is 19.2. The molecule has 0 spiro atoms. The molecule has 0 saturated carbocycles. The van der Waals surface area contributed by atoms with Gasteiger partial charge in [0.2, 0.25) is 5.91 Å². The smallest absolute Gasteiger partial charge is 0.414 e. The lowest BCUT2D eigenvalue weighted by Crippen LogP contribution is -2.36. The molecule has 1 aromatic carbocycles. The maximum atomic E-state index is 14.1. The lowest BCUT2D eigenvalue weighted by molar-refractivity contribution is -0.119. The van der Waals surface area contributed by atoms with Crippen LogP contribution in [0, 0.1) is 0 Å². The Balaban J connectivity index is 1.41. The summed E-state index contributed by atoms with van der Waals surface area (Å²) in [6, 6.07) is 8.80. The molecule has 11 heteroatoms. The van der Waals surface area contributed by atoms with Gasteiger partial charge in [-0.25, -0.2) is 4.79 Å². The van der Waals surface area contributed by atoms with Crippen LogP contribution in [0.3, 0.4) is 0 Å². The maximum Gasteiger partial charge on any atom is 0.414 e. The van der Waals surface area contributed by atoms with Crippen LogP contribution in [-0.4, -0.2) is 46.2 Å². The molecule has 3 heterocycles. The molecule has 1 saturated heterocycles. The summed E-state index contributed by atoms with van der Waals surface area (Å²) in [5, 5.41) is 8.67. The zero-order valence-corrected chi connectivity index (χ0v) is 15.7. The first-order chi connectivity index (χ1) is 14.0. The van der Waals surface area contributed by atoms with E-state index in [0.717, 1.165) is 0 Å². The Hall–Kier alpha value is -3.60. The number of rotatable bonds is 6. The molecule has 152 valence electrons. The number of nitrogens with zero attached hydrogens (tertiary/aromatic N) is 5. The van der Waals surface area contributed by atoms with Gasteiger partial charge in [0.05, 0.1) is 25.3 Å². The monoisotopic (exact) mass is 401 g/mol. The van der Waals surface area contributed by atoms with E-state index in [0.29, 0.717) is 28.8 Å². The van der Waals surface area contributed by atoms with Gasteiger partial charge in [0.1, 0.15) is 11.8 Å². The highest BCUT2D eigenvalue weighted by Crippen LogP contribution is 2.26. The summed E-state index contributed by atoms with van der Waals surface area (Å²) in [6.07, 6.45) is 4.14. The molecule has 29 heavy (non-hydrogen) atoms. The van der Waals surface area contributed by atoms with Crippen LogP contribution >= 0.6 is 0 Å². The van der Waals surface area contributed by atoms with E-state index in [1.165, 1.54) is 16.8 Å². The third-order valence-corrected chi connectivity index (χ3v) is 4.50. The first-order valence-corrected chi connectivity index (χ1v) is 9.02. The number of ether oxygens (including phenoxy) is 1. The Kier molecular flexibility index (Phi) is 5.04. The SMILES string of the molecule is CC(=O)NCC1CN(c2ccc(N3C=C(Cn4cccn4)N(F)N3)cc2)C(=O)O1. The van der Waals surface area contributed by atoms with Gasteiger partial charge in [-0.15, -0.1) is 10.8 Å². The number of halogens is 1. The topological polar surface area (TPSA) is 95.0 Å². The number of carbonyl (C=O) groups is 2. The molecule has 1 fully saturated rings. The van der Waals surface area contributed by atoms with Crippen LogP contribution in [0.2, 0.25) is 0 Å². The fraction of sp³-hybridized carbons (Fsp3) is 0.278.